The summed E-state index contributed by atoms with van der Waals surface area (Å²) in [6.45, 7) is 4.90. The summed E-state index contributed by atoms with van der Waals surface area (Å²) >= 11 is 0. The van der Waals surface area contributed by atoms with Crippen LogP contribution in [0.3, 0.4) is 0 Å². The van der Waals surface area contributed by atoms with E-state index in [1.165, 1.54) is 167 Å². The van der Waals surface area contributed by atoms with Gasteiger partial charge in [0.15, 0.2) is 12.2 Å². The first-order valence-corrected chi connectivity index (χ1v) is 42.2. The Hall–Kier alpha value is -2.72. The summed E-state index contributed by atoms with van der Waals surface area (Å²) in [7, 11) is -9.92. The number of rotatable bonds is 75. The number of aliphatic hydroxyl groups is 1. The molecule has 5 atom stereocenters. The molecule has 0 fully saturated rings. The summed E-state index contributed by atoms with van der Waals surface area (Å²) in [6.07, 6.45) is 65.6. The van der Waals surface area contributed by atoms with Gasteiger partial charge in [-0.1, -0.05) is 321 Å². The van der Waals surface area contributed by atoms with Crippen LogP contribution in [-0.4, -0.2) is 96.7 Å². The highest BCUT2D eigenvalue weighted by molar-refractivity contribution is 7.47. The highest BCUT2D eigenvalue weighted by atomic mass is 31.2. The van der Waals surface area contributed by atoms with E-state index in [4.69, 9.17) is 37.0 Å². The average molecular weight is 1400 g/mol. The smallest absolute Gasteiger partial charge is 0.462 e. The number of carbonyl (C=O) groups is 4. The van der Waals surface area contributed by atoms with Gasteiger partial charge in [-0.15, -0.1) is 0 Å². The number of aliphatic hydroxyl groups excluding tert-OH is 1. The van der Waals surface area contributed by atoms with Crippen molar-refractivity contribution in [2.75, 3.05) is 39.6 Å². The van der Waals surface area contributed by atoms with Crippen molar-refractivity contribution in [3.05, 3.63) is 36.5 Å². The molecule has 0 bridgehead atoms. The molecule has 0 radical (unpaired) electrons. The summed E-state index contributed by atoms with van der Waals surface area (Å²) in [6, 6.07) is 0. The van der Waals surface area contributed by atoms with E-state index < -0.39 is 97.5 Å². The lowest BCUT2D eigenvalue weighted by Gasteiger charge is -2.21. The molecule has 0 heterocycles. The van der Waals surface area contributed by atoms with Gasteiger partial charge in [0, 0.05) is 25.7 Å². The fraction of sp³-hybridized carbons (Fsp3) is 0.870. The molecule has 0 aromatic heterocycles. The predicted octanol–water partition coefficient (Wildman–Crippen LogP) is 22.3. The van der Waals surface area contributed by atoms with Crippen molar-refractivity contribution in [3.63, 3.8) is 0 Å². The number of hydrogen-bond donors (Lipinski definition) is 3. The molecule has 0 aromatic rings. The maximum absolute atomic E-state index is 13.1. The van der Waals surface area contributed by atoms with E-state index in [0.717, 1.165) is 128 Å². The normalized spacial score (nSPS) is 14.1. The Labute approximate surface area is 585 Å². The molecule has 0 spiro atoms. The molecule has 0 aliphatic carbocycles. The van der Waals surface area contributed by atoms with Gasteiger partial charge in [0.2, 0.25) is 0 Å². The fourth-order valence-corrected chi connectivity index (χ4v) is 12.7. The fourth-order valence-electron chi connectivity index (χ4n) is 11.1. The number of ether oxygens (including phenoxy) is 4. The van der Waals surface area contributed by atoms with Crippen LogP contribution in [0.4, 0.5) is 0 Å². The molecule has 17 nitrogen and oxygen atoms in total. The highest BCUT2D eigenvalue weighted by Gasteiger charge is 2.30. The van der Waals surface area contributed by atoms with Crippen molar-refractivity contribution in [1.82, 2.24) is 0 Å². The van der Waals surface area contributed by atoms with Gasteiger partial charge in [0.1, 0.15) is 19.3 Å². The first-order chi connectivity index (χ1) is 46.7. The zero-order chi connectivity index (χ0) is 70.4. The second-order valence-corrected chi connectivity index (χ2v) is 29.6. The van der Waals surface area contributed by atoms with Crippen molar-refractivity contribution in [1.29, 1.82) is 0 Å². The van der Waals surface area contributed by atoms with Crippen molar-refractivity contribution in [2.45, 2.75) is 393 Å². The number of esters is 4. The number of allylic oxidation sites excluding steroid dienone is 6. The minimum atomic E-state index is -4.96. The van der Waals surface area contributed by atoms with Crippen LogP contribution in [0.1, 0.15) is 374 Å². The third kappa shape index (κ3) is 69.7. The van der Waals surface area contributed by atoms with Gasteiger partial charge in [-0.3, -0.25) is 37.3 Å². The van der Waals surface area contributed by atoms with E-state index in [1.807, 2.05) is 0 Å². The van der Waals surface area contributed by atoms with Crippen LogP contribution in [-0.2, 0) is 65.4 Å². The van der Waals surface area contributed by atoms with E-state index in [9.17, 15) is 43.2 Å². The number of carbonyl (C=O) groups excluding carboxylic acids is 4. The van der Waals surface area contributed by atoms with Crippen LogP contribution in [0.15, 0.2) is 36.5 Å². The first-order valence-electron chi connectivity index (χ1n) is 39.2. The lowest BCUT2D eigenvalue weighted by atomic mass is 10.0. The molecule has 0 aliphatic rings. The third-order valence-electron chi connectivity index (χ3n) is 17.1. The second kappa shape index (κ2) is 70.7. The maximum Gasteiger partial charge on any atom is 0.472 e. The van der Waals surface area contributed by atoms with Crippen LogP contribution in [0.5, 0.6) is 0 Å². The summed E-state index contributed by atoms with van der Waals surface area (Å²) in [5.41, 5.74) is 0. The highest BCUT2D eigenvalue weighted by Crippen LogP contribution is 2.45. The molecule has 0 aromatic carbocycles. The van der Waals surface area contributed by atoms with E-state index in [-0.39, 0.29) is 25.7 Å². The Morgan fingerprint density at radius 3 is 0.802 bits per heavy atom. The third-order valence-corrected chi connectivity index (χ3v) is 19.0. The van der Waals surface area contributed by atoms with E-state index >= 15 is 0 Å². The zero-order valence-corrected chi connectivity index (χ0v) is 63.4. The molecule has 96 heavy (non-hydrogen) atoms. The Balaban J connectivity index is 5.23. The monoisotopic (exact) mass is 1400 g/mol. The summed E-state index contributed by atoms with van der Waals surface area (Å²) in [5, 5.41) is 10.6. The Kier molecular flexibility index (Phi) is 68.7. The summed E-state index contributed by atoms with van der Waals surface area (Å²) in [4.78, 5) is 72.8. The van der Waals surface area contributed by atoms with Crippen molar-refractivity contribution >= 4 is 39.5 Å². The Morgan fingerprint density at radius 2 is 0.510 bits per heavy atom. The van der Waals surface area contributed by atoms with Crippen LogP contribution in [0, 0.1) is 0 Å². The van der Waals surface area contributed by atoms with Gasteiger partial charge in [0.05, 0.1) is 26.4 Å². The van der Waals surface area contributed by atoms with Crippen LogP contribution in [0.2, 0.25) is 0 Å². The number of phosphoric ester groups is 2. The SMILES string of the molecule is CCCCC/C=C\C/C=C\C/C=C\CCCCCCCCC(=O)OCC(COP(=O)(O)OCC(O)COP(=O)(O)OCC(COC(=O)CCCCCCCCCCCCCCCCC)OC(=O)CCCCCCCCCCCCC)OC(=O)CCCCCCCCCCCCC. The molecule has 3 N–H and O–H groups in total. The Morgan fingerprint density at radius 1 is 0.292 bits per heavy atom. The quantitative estimate of drug-likeness (QED) is 0.0169. The van der Waals surface area contributed by atoms with Crippen LogP contribution in [0.25, 0.3) is 0 Å². The number of unbranched alkanes of at least 4 members (excludes halogenated alkanes) is 43. The van der Waals surface area contributed by atoms with E-state index in [0.29, 0.717) is 25.7 Å². The molecule has 0 rings (SSSR count). The van der Waals surface area contributed by atoms with Gasteiger partial charge >= 0.3 is 39.5 Å². The number of phosphoric acid groups is 2. The van der Waals surface area contributed by atoms with Gasteiger partial charge in [-0.05, 0) is 64.2 Å². The van der Waals surface area contributed by atoms with Gasteiger partial charge < -0.3 is 33.8 Å². The van der Waals surface area contributed by atoms with Gasteiger partial charge in [-0.2, -0.15) is 0 Å². The average Bonchev–Trinajstić information content (AvgIpc) is 1.15. The topological polar surface area (TPSA) is 237 Å². The maximum atomic E-state index is 13.1. The molecular weight excluding hydrogens is 1260 g/mol. The molecule has 0 saturated heterocycles. The number of hydrogen-bond acceptors (Lipinski definition) is 15. The Bertz CT molecular complexity index is 1970. The summed E-state index contributed by atoms with van der Waals surface area (Å²) in [5.74, 6) is -2.14. The largest absolute Gasteiger partial charge is 0.472 e. The van der Waals surface area contributed by atoms with Crippen molar-refractivity contribution < 1.29 is 80.2 Å². The van der Waals surface area contributed by atoms with Crippen molar-refractivity contribution in [2.24, 2.45) is 0 Å². The zero-order valence-electron chi connectivity index (χ0n) is 61.6. The van der Waals surface area contributed by atoms with Crippen molar-refractivity contribution in [3.8, 4) is 0 Å². The standard InChI is InChI=1S/C77H144O17P2/c1-5-9-13-17-21-25-29-31-33-34-35-36-38-40-44-46-50-54-58-62-75(80)88-68-73(94-77(82)64-60-56-52-48-42-28-24-20-16-12-8-4)70-92-96(85,86)90-66-71(78)65-89-95(83,84)91-69-72(93-76(81)63-59-55-51-47-41-27-23-19-15-11-7-3)67-87-74(79)61-57-53-49-45-43-39-37-32-30-26-22-18-14-10-6-2/h21,25,31,33,35-36,71-73,78H,5-20,22-24,26-30,32,34,37-70H2,1-4H3,(H,83,84)(H,85,86)/b25-21-,33-31-,36-35-. The molecule has 5 unspecified atom stereocenters. The minimum Gasteiger partial charge on any atom is -0.462 e. The summed E-state index contributed by atoms with van der Waals surface area (Å²) < 4.78 is 68.5. The second-order valence-electron chi connectivity index (χ2n) is 26.7. The minimum absolute atomic E-state index is 0.0999. The van der Waals surface area contributed by atoms with E-state index in [2.05, 4.69) is 64.2 Å². The molecule has 0 amide bonds. The van der Waals surface area contributed by atoms with E-state index in [1.54, 1.807) is 0 Å². The predicted molar refractivity (Wildman–Crippen MR) is 391 cm³/mol. The van der Waals surface area contributed by atoms with Crippen LogP contribution >= 0.6 is 15.6 Å². The molecule has 19 heteroatoms. The molecular formula is C77H144O17P2. The lowest BCUT2D eigenvalue weighted by Crippen LogP contribution is -2.30. The van der Waals surface area contributed by atoms with Gasteiger partial charge in [-0.25, -0.2) is 9.13 Å². The van der Waals surface area contributed by atoms with Crippen LogP contribution < -0.4 is 0 Å². The molecule has 0 aliphatic heterocycles. The first kappa shape index (κ1) is 93.3. The molecule has 564 valence electrons. The lowest BCUT2D eigenvalue weighted by molar-refractivity contribution is -0.161. The van der Waals surface area contributed by atoms with Gasteiger partial charge in [0.25, 0.3) is 0 Å². The molecule has 0 saturated carbocycles.